The maximum absolute atomic E-state index is 4.37. The van der Waals surface area contributed by atoms with Crippen molar-refractivity contribution < 1.29 is 0 Å². The molecule has 0 atom stereocenters. The van der Waals surface area contributed by atoms with Gasteiger partial charge in [-0.3, -0.25) is 0 Å². The van der Waals surface area contributed by atoms with Crippen LogP contribution in [0.1, 0.15) is 5.56 Å². The van der Waals surface area contributed by atoms with E-state index in [1.54, 1.807) is 11.3 Å². The molecule has 0 bridgehead atoms. The van der Waals surface area contributed by atoms with E-state index in [0.717, 1.165) is 15.5 Å². The van der Waals surface area contributed by atoms with E-state index >= 15 is 0 Å². The summed E-state index contributed by atoms with van der Waals surface area (Å²) in [6, 6.07) is 1.97. The van der Waals surface area contributed by atoms with Crippen molar-refractivity contribution in [2.45, 2.75) is 6.92 Å². The molecule has 0 aliphatic heterocycles. The van der Waals surface area contributed by atoms with E-state index in [1.165, 1.54) is 5.56 Å². The first-order chi connectivity index (χ1) is 5.81. The maximum Gasteiger partial charge on any atom is 0.194 e. The smallest absolute Gasteiger partial charge is 0.194 e. The minimum Gasteiger partial charge on any atom is -0.304 e. The third-order valence-corrected chi connectivity index (χ3v) is 3.34. The molecule has 2 aromatic heterocycles. The quantitative estimate of drug-likeness (QED) is 0.648. The van der Waals surface area contributed by atoms with Gasteiger partial charge < -0.3 is 3.53 Å². The van der Waals surface area contributed by atoms with Gasteiger partial charge in [0.1, 0.15) is 10.3 Å². The zero-order chi connectivity index (χ0) is 8.55. The van der Waals surface area contributed by atoms with Gasteiger partial charge in [-0.2, -0.15) is 0 Å². The average Bonchev–Trinajstić information content (AvgIpc) is 2.49. The minimum atomic E-state index is 0.910. The fraction of sp³-hybridized carbons (Fsp3) is 0.143. The molecule has 2 rings (SSSR count). The minimum absolute atomic E-state index is 0.910. The Hall–Kier alpha value is -0.430. The fourth-order valence-corrected chi connectivity index (χ4v) is 2.22. The van der Waals surface area contributed by atoms with Crippen LogP contribution in [0.4, 0.5) is 5.13 Å². The molecule has 2 aromatic rings. The van der Waals surface area contributed by atoms with Crippen LogP contribution >= 0.6 is 34.2 Å². The van der Waals surface area contributed by atoms with E-state index in [4.69, 9.17) is 0 Å². The highest BCUT2D eigenvalue weighted by Crippen LogP contribution is 2.26. The van der Waals surface area contributed by atoms with Gasteiger partial charge in [0.15, 0.2) is 5.13 Å². The first kappa shape index (κ1) is 8.18. The highest BCUT2D eigenvalue weighted by Gasteiger charge is 2.04. The van der Waals surface area contributed by atoms with Crippen LogP contribution in [0.2, 0.25) is 0 Å². The Bertz CT molecular complexity index is 412. The molecule has 2 heterocycles. The van der Waals surface area contributed by atoms with Crippen LogP contribution in [0.25, 0.3) is 10.3 Å². The Morgan fingerprint density at radius 3 is 3.08 bits per heavy atom. The zero-order valence-electron chi connectivity index (χ0n) is 6.34. The molecule has 3 nitrogen and oxygen atoms in total. The molecule has 0 radical (unpaired) electrons. The van der Waals surface area contributed by atoms with Gasteiger partial charge in [0.2, 0.25) is 0 Å². The van der Waals surface area contributed by atoms with Crippen LogP contribution in [0.3, 0.4) is 0 Å². The van der Waals surface area contributed by atoms with Gasteiger partial charge in [0.05, 0.1) is 22.9 Å². The van der Waals surface area contributed by atoms with E-state index in [9.17, 15) is 0 Å². The molecule has 1 N–H and O–H groups in total. The van der Waals surface area contributed by atoms with Crippen LogP contribution in [0.15, 0.2) is 12.3 Å². The summed E-state index contributed by atoms with van der Waals surface area (Å²) in [6.45, 7) is 2.04. The summed E-state index contributed by atoms with van der Waals surface area (Å²) in [5.41, 5.74) is 2.18. The summed E-state index contributed by atoms with van der Waals surface area (Å²) >= 11 is 3.64. The molecule has 0 saturated heterocycles. The summed E-state index contributed by atoms with van der Waals surface area (Å²) in [5.74, 6) is 0. The molecule has 0 saturated carbocycles. The third-order valence-electron chi connectivity index (χ3n) is 1.58. The molecule has 0 amide bonds. The van der Waals surface area contributed by atoms with Crippen molar-refractivity contribution in [2.24, 2.45) is 0 Å². The van der Waals surface area contributed by atoms with Gasteiger partial charge in [0.25, 0.3) is 0 Å². The Morgan fingerprint density at radius 2 is 2.42 bits per heavy atom. The molecule has 0 spiro atoms. The molecule has 62 valence electrons. The van der Waals surface area contributed by atoms with Crippen LogP contribution in [-0.4, -0.2) is 9.97 Å². The number of nitrogens with zero attached hydrogens (tertiary/aromatic N) is 2. The van der Waals surface area contributed by atoms with Crippen molar-refractivity contribution in [3.05, 3.63) is 17.8 Å². The number of hydrogen-bond acceptors (Lipinski definition) is 4. The number of aryl methyl sites for hydroxylation is 1. The van der Waals surface area contributed by atoms with Crippen LogP contribution < -0.4 is 3.53 Å². The second-order valence-electron chi connectivity index (χ2n) is 2.40. The van der Waals surface area contributed by atoms with Gasteiger partial charge >= 0.3 is 0 Å². The van der Waals surface area contributed by atoms with Crippen LogP contribution in [-0.2, 0) is 0 Å². The molecule has 12 heavy (non-hydrogen) atoms. The van der Waals surface area contributed by atoms with E-state index in [0.29, 0.717) is 0 Å². The largest absolute Gasteiger partial charge is 0.304 e. The van der Waals surface area contributed by atoms with E-state index in [1.807, 2.05) is 19.2 Å². The van der Waals surface area contributed by atoms with Gasteiger partial charge in [-0.15, -0.1) is 0 Å². The first-order valence-corrected chi connectivity index (χ1v) is 5.29. The number of fused-ring (bicyclic) bond motifs is 1. The normalized spacial score (nSPS) is 10.5. The lowest BCUT2D eigenvalue weighted by Crippen LogP contribution is -1.79. The van der Waals surface area contributed by atoms with Crippen molar-refractivity contribution in [3.63, 3.8) is 0 Å². The summed E-state index contributed by atoms with van der Waals surface area (Å²) in [5, 5.41) is 0.910. The summed E-state index contributed by atoms with van der Waals surface area (Å²) in [7, 11) is 0. The molecule has 0 aliphatic rings. The Balaban J connectivity index is 2.74. The average molecular weight is 291 g/mol. The van der Waals surface area contributed by atoms with Gasteiger partial charge in [-0.05, 0) is 18.6 Å². The summed E-state index contributed by atoms with van der Waals surface area (Å²) in [4.78, 5) is 9.59. The number of anilines is 1. The molecule has 0 unspecified atom stereocenters. The SMILES string of the molecule is Cc1ccnc2sc(NI)nc12. The number of aromatic nitrogens is 2. The van der Waals surface area contributed by atoms with Crippen molar-refractivity contribution in [3.8, 4) is 0 Å². The lowest BCUT2D eigenvalue weighted by atomic mass is 10.3. The van der Waals surface area contributed by atoms with E-state index in [2.05, 4.69) is 36.4 Å². The van der Waals surface area contributed by atoms with E-state index in [-0.39, 0.29) is 0 Å². The molecule has 0 fully saturated rings. The Morgan fingerprint density at radius 1 is 1.58 bits per heavy atom. The highest BCUT2D eigenvalue weighted by atomic mass is 127. The molecule has 0 aromatic carbocycles. The van der Waals surface area contributed by atoms with Crippen LogP contribution in [0.5, 0.6) is 0 Å². The second kappa shape index (κ2) is 3.14. The first-order valence-electron chi connectivity index (χ1n) is 3.40. The number of thiazole rings is 1. The molecular weight excluding hydrogens is 285 g/mol. The predicted octanol–water partition coefficient (Wildman–Crippen LogP) is 2.76. The highest BCUT2D eigenvalue weighted by molar-refractivity contribution is 14.1. The molecule has 0 aliphatic carbocycles. The Kier molecular flexibility index (Phi) is 2.14. The molecular formula is C7H6IN3S. The fourth-order valence-electron chi connectivity index (χ4n) is 0.993. The van der Waals surface area contributed by atoms with Crippen molar-refractivity contribution in [1.29, 1.82) is 0 Å². The number of rotatable bonds is 1. The zero-order valence-corrected chi connectivity index (χ0v) is 9.31. The molecule has 5 heteroatoms. The van der Waals surface area contributed by atoms with Crippen molar-refractivity contribution in [2.75, 3.05) is 3.53 Å². The predicted molar refractivity (Wildman–Crippen MR) is 59.8 cm³/mol. The second-order valence-corrected chi connectivity index (χ2v) is 3.91. The summed E-state index contributed by atoms with van der Waals surface area (Å²) < 4.78 is 2.98. The number of nitrogens with one attached hydrogen (secondary N) is 1. The number of hydrogen-bond donors (Lipinski definition) is 1. The summed E-state index contributed by atoms with van der Waals surface area (Å²) in [6.07, 6.45) is 1.81. The van der Waals surface area contributed by atoms with Gasteiger partial charge in [-0.25, -0.2) is 9.97 Å². The van der Waals surface area contributed by atoms with Crippen molar-refractivity contribution in [1.82, 2.24) is 9.97 Å². The number of halogens is 1. The third kappa shape index (κ3) is 1.27. The lowest BCUT2D eigenvalue weighted by molar-refractivity contribution is 1.35. The van der Waals surface area contributed by atoms with Crippen molar-refractivity contribution >= 4 is 49.7 Å². The standard InChI is InChI=1S/C7H6IN3S/c1-4-2-3-9-6-5(4)10-7(11-8)12-6/h2-3H,1H3,(H,10,11). The topological polar surface area (TPSA) is 37.8 Å². The van der Waals surface area contributed by atoms with Crippen LogP contribution in [0, 0.1) is 6.92 Å². The maximum atomic E-state index is 4.37. The lowest BCUT2D eigenvalue weighted by Gasteiger charge is -1.89. The monoisotopic (exact) mass is 291 g/mol. The van der Waals surface area contributed by atoms with Gasteiger partial charge in [-0.1, -0.05) is 11.3 Å². The van der Waals surface area contributed by atoms with Gasteiger partial charge in [0, 0.05) is 6.20 Å². The number of pyridine rings is 1. The Labute approximate surface area is 87.7 Å². The van der Waals surface area contributed by atoms with E-state index < -0.39 is 0 Å².